The predicted molar refractivity (Wildman–Crippen MR) is 71.0 cm³/mol. The van der Waals surface area contributed by atoms with E-state index in [1.165, 1.54) is 12.1 Å². The molecule has 0 bridgehead atoms. The fourth-order valence-electron chi connectivity index (χ4n) is 2.74. The van der Waals surface area contributed by atoms with Crippen molar-refractivity contribution < 1.29 is 9.13 Å². The topological polar surface area (TPSA) is 21.3 Å². The number of halogens is 1. The minimum Gasteiger partial charge on any atom is -0.375 e. The van der Waals surface area contributed by atoms with Crippen LogP contribution in [0.4, 0.5) is 4.39 Å². The first-order valence-corrected chi connectivity index (χ1v) is 6.71. The van der Waals surface area contributed by atoms with Crippen LogP contribution < -0.4 is 5.32 Å². The summed E-state index contributed by atoms with van der Waals surface area (Å²) in [7, 11) is 0. The maximum Gasteiger partial charge on any atom is 0.123 e. The standard InChI is InChI=1S/C15H22FNO/c1-10-8-15(9-11(2)18-10)17-12(3)13-4-6-14(16)7-5-13/h4-7,10-12,15,17H,8-9H2,1-3H3. The van der Waals surface area contributed by atoms with Gasteiger partial charge in [0.05, 0.1) is 12.2 Å². The second-order valence-corrected chi connectivity index (χ2v) is 5.37. The van der Waals surface area contributed by atoms with Crippen molar-refractivity contribution in [2.75, 3.05) is 0 Å². The Balaban J connectivity index is 1.94. The van der Waals surface area contributed by atoms with E-state index >= 15 is 0 Å². The highest BCUT2D eigenvalue weighted by Gasteiger charge is 2.25. The first kappa shape index (κ1) is 13.5. The van der Waals surface area contributed by atoms with Gasteiger partial charge in [0.25, 0.3) is 0 Å². The number of ether oxygens (including phenoxy) is 1. The zero-order valence-electron chi connectivity index (χ0n) is 11.3. The zero-order valence-corrected chi connectivity index (χ0v) is 11.3. The summed E-state index contributed by atoms with van der Waals surface area (Å²) >= 11 is 0. The predicted octanol–water partition coefficient (Wildman–Crippen LogP) is 3.43. The van der Waals surface area contributed by atoms with Gasteiger partial charge in [0.2, 0.25) is 0 Å². The van der Waals surface area contributed by atoms with Gasteiger partial charge in [0, 0.05) is 12.1 Å². The van der Waals surface area contributed by atoms with Gasteiger partial charge in [-0.05, 0) is 51.3 Å². The van der Waals surface area contributed by atoms with Crippen LogP contribution in [0.15, 0.2) is 24.3 Å². The fraction of sp³-hybridized carbons (Fsp3) is 0.600. The summed E-state index contributed by atoms with van der Waals surface area (Å²) in [6, 6.07) is 7.45. The zero-order chi connectivity index (χ0) is 13.1. The maximum absolute atomic E-state index is 12.9. The van der Waals surface area contributed by atoms with E-state index in [1.807, 2.05) is 12.1 Å². The highest BCUT2D eigenvalue weighted by atomic mass is 19.1. The molecule has 3 heteroatoms. The summed E-state index contributed by atoms with van der Waals surface area (Å²) in [6.45, 7) is 6.36. The maximum atomic E-state index is 12.9. The van der Waals surface area contributed by atoms with Crippen LogP contribution in [0.25, 0.3) is 0 Å². The van der Waals surface area contributed by atoms with Crippen molar-refractivity contribution in [3.8, 4) is 0 Å². The lowest BCUT2D eigenvalue weighted by Gasteiger charge is -2.34. The molecule has 2 rings (SSSR count). The smallest absolute Gasteiger partial charge is 0.123 e. The highest BCUT2D eigenvalue weighted by Crippen LogP contribution is 2.22. The van der Waals surface area contributed by atoms with Crippen LogP contribution in [0, 0.1) is 5.82 Å². The number of hydrogen-bond acceptors (Lipinski definition) is 2. The Bertz CT molecular complexity index is 369. The van der Waals surface area contributed by atoms with Crippen molar-refractivity contribution >= 4 is 0 Å². The van der Waals surface area contributed by atoms with E-state index in [0.29, 0.717) is 18.2 Å². The Morgan fingerprint density at radius 1 is 1.17 bits per heavy atom. The minimum atomic E-state index is -0.181. The van der Waals surface area contributed by atoms with Crippen LogP contribution in [-0.4, -0.2) is 18.2 Å². The molecule has 0 aromatic heterocycles. The second-order valence-electron chi connectivity index (χ2n) is 5.37. The molecule has 1 fully saturated rings. The van der Waals surface area contributed by atoms with Gasteiger partial charge in [-0.25, -0.2) is 4.39 Å². The van der Waals surface area contributed by atoms with Crippen LogP contribution in [0.3, 0.4) is 0 Å². The molecule has 1 aromatic rings. The summed E-state index contributed by atoms with van der Waals surface area (Å²) in [5.41, 5.74) is 1.13. The highest BCUT2D eigenvalue weighted by molar-refractivity contribution is 5.19. The van der Waals surface area contributed by atoms with E-state index in [1.54, 1.807) is 0 Å². The van der Waals surface area contributed by atoms with E-state index in [9.17, 15) is 4.39 Å². The average Bonchev–Trinajstić information content (AvgIpc) is 2.28. The normalized spacial score (nSPS) is 30.1. The molecule has 1 heterocycles. The quantitative estimate of drug-likeness (QED) is 0.888. The Morgan fingerprint density at radius 3 is 2.28 bits per heavy atom. The molecule has 1 aliphatic rings. The van der Waals surface area contributed by atoms with E-state index in [0.717, 1.165) is 18.4 Å². The van der Waals surface area contributed by atoms with Crippen LogP contribution >= 0.6 is 0 Å². The van der Waals surface area contributed by atoms with Gasteiger partial charge in [0.15, 0.2) is 0 Å². The number of hydrogen-bond donors (Lipinski definition) is 1. The second kappa shape index (κ2) is 5.81. The Labute approximate surface area is 109 Å². The summed E-state index contributed by atoms with van der Waals surface area (Å²) in [5, 5.41) is 3.61. The summed E-state index contributed by atoms with van der Waals surface area (Å²) < 4.78 is 18.6. The van der Waals surface area contributed by atoms with Gasteiger partial charge in [-0.1, -0.05) is 12.1 Å². The molecule has 100 valence electrons. The van der Waals surface area contributed by atoms with Gasteiger partial charge in [-0.3, -0.25) is 0 Å². The number of nitrogens with one attached hydrogen (secondary N) is 1. The summed E-state index contributed by atoms with van der Waals surface area (Å²) in [4.78, 5) is 0. The van der Waals surface area contributed by atoms with Crippen molar-refractivity contribution in [2.24, 2.45) is 0 Å². The third-order valence-corrected chi connectivity index (χ3v) is 3.55. The molecule has 1 N–H and O–H groups in total. The Morgan fingerprint density at radius 2 is 1.72 bits per heavy atom. The van der Waals surface area contributed by atoms with Crippen molar-refractivity contribution in [2.45, 2.75) is 57.9 Å². The lowest BCUT2D eigenvalue weighted by Crippen LogP contribution is -2.42. The minimum absolute atomic E-state index is 0.181. The molecule has 18 heavy (non-hydrogen) atoms. The molecule has 0 radical (unpaired) electrons. The molecule has 0 saturated carbocycles. The Kier molecular flexibility index (Phi) is 4.36. The Hall–Kier alpha value is -0.930. The van der Waals surface area contributed by atoms with Crippen LogP contribution in [0.1, 0.15) is 45.2 Å². The lowest BCUT2D eigenvalue weighted by molar-refractivity contribution is -0.0433. The van der Waals surface area contributed by atoms with E-state index in [2.05, 4.69) is 26.1 Å². The molecule has 0 spiro atoms. The van der Waals surface area contributed by atoms with Gasteiger partial charge >= 0.3 is 0 Å². The van der Waals surface area contributed by atoms with E-state index < -0.39 is 0 Å². The van der Waals surface area contributed by atoms with Crippen molar-refractivity contribution in [3.63, 3.8) is 0 Å². The molecule has 3 atom stereocenters. The molecule has 3 unspecified atom stereocenters. The van der Waals surface area contributed by atoms with Gasteiger partial charge in [-0.2, -0.15) is 0 Å². The first-order chi connectivity index (χ1) is 8.54. The molecule has 2 nitrogen and oxygen atoms in total. The van der Waals surface area contributed by atoms with Crippen molar-refractivity contribution in [1.82, 2.24) is 5.32 Å². The summed E-state index contributed by atoms with van der Waals surface area (Å²) in [5.74, 6) is -0.181. The monoisotopic (exact) mass is 251 g/mol. The molecule has 1 aromatic carbocycles. The number of benzene rings is 1. The molecule has 1 aliphatic heterocycles. The van der Waals surface area contributed by atoms with Crippen LogP contribution in [-0.2, 0) is 4.74 Å². The molecule has 0 aliphatic carbocycles. The third-order valence-electron chi connectivity index (χ3n) is 3.55. The SMILES string of the molecule is CC1CC(NC(C)c2ccc(F)cc2)CC(C)O1. The molecule has 1 saturated heterocycles. The average molecular weight is 251 g/mol. The summed E-state index contributed by atoms with van der Waals surface area (Å²) in [6.07, 6.45) is 2.70. The largest absolute Gasteiger partial charge is 0.375 e. The number of rotatable bonds is 3. The van der Waals surface area contributed by atoms with E-state index in [-0.39, 0.29) is 11.9 Å². The van der Waals surface area contributed by atoms with Gasteiger partial charge in [-0.15, -0.1) is 0 Å². The van der Waals surface area contributed by atoms with Crippen molar-refractivity contribution in [3.05, 3.63) is 35.6 Å². The first-order valence-electron chi connectivity index (χ1n) is 6.71. The van der Waals surface area contributed by atoms with Gasteiger partial charge < -0.3 is 10.1 Å². The molecular weight excluding hydrogens is 229 g/mol. The third kappa shape index (κ3) is 3.53. The van der Waals surface area contributed by atoms with Crippen LogP contribution in [0.5, 0.6) is 0 Å². The van der Waals surface area contributed by atoms with Crippen LogP contribution in [0.2, 0.25) is 0 Å². The van der Waals surface area contributed by atoms with Crippen molar-refractivity contribution in [1.29, 1.82) is 0 Å². The van der Waals surface area contributed by atoms with E-state index in [4.69, 9.17) is 4.74 Å². The molecule has 0 amide bonds. The molecular formula is C15H22FNO. The fourth-order valence-corrected chi connectivity index (χ4v) is 2.74. The van der Waals surface area contributed by atoms with Gasteiger partial charge in [0.1, 0.15) is 5.82 Å². The lowest BCUT2D eigenvalue weighted by atomic mass is 9.98.